The van der Waals surface area contributed by atoms with E-state index in [0.29, 0.717) is 37.0 Å². The van der Waals surface area contributed by atoms with Crippen LogP contribution in [-0.4, -0.2) is 49.0 Å². The summed E-state index contributed by atoms with van der Waals surface area (Å²) < 4.78 is 33.0. The molecular formula is C22H31N3O3S. The lowest BCUT2D eigenvalue weighted by atomic mass is 9.84. The Morgan fingerprint density at radius 3 is 2.24 bits per heavy atom. The van der Waals surface area contributed by atoms with Crippen LogP contribution in [0.15, 0.2) is 33.7 Å². The first-order chi connectivity index (χ1) is 13.9. The van der Waals surface area contributed by atoms with Crippen molar-refractivity contribution in [2.24, 2.45) is 0 Å². The third kappa shape index (κ3) is 4.42. The van der Waals surface area contributed by atoms with Gasteiger partial charge in [-0.1, -0.05) is 36.6 Å². The fourth-order valence-electron chi connectivity index (χ4n) is 4.58. The summed E-state index contributed by atoms with van der Waals surface area (Å²) in [6.45, 7) is 7.07. The highest BCUT2D eigenvalue weighted by Gasteiger charge is 2.29. The van der Waals surface area contributed by atoms with Crippen LogP contribution < -0.4 is 0 Å². The van der Waals surface area contributed by atoms with E-state index >= 15 is 0 Å². The molecule has 4 rings (SSSR count). The molecule has 6 nitrogen and oxygen atoms in total. The molecule has 0 spiro atoms. The maximum atomic E-state index is 13.1. The van der Waals surface area contributed by atoms with Gasteiger partial charge in [0, 0.05) is 38.3 Å². The highest BCUT2D eigenvalue weighted by Crippen LogP contribution is 2.33. The standard InChI is InChI=1S/C22H31N3O3S/c1-17-22(18(2)28-23-17)16-24-12-14-25(15-13-24)29(26,27)21-10-8-20(9-11-21)19-6-4-3-5-7-19/h8-11,19H,3-7,12-16H2,1-2H3. The first kappa shape index (κ1) is 20.6. The van der Waals surface area contributed by atoms with E-state index in [0.717, 1.165) is 23.6 Å². The van der Waals surface area contributed by atoms with E-state index in [2.05, 4.69) is 10.1 Å². The van der Waals surface area contributed by atoms with Gasteiger partial charge in [0.15, 0.2) is 0 Å². The third-order valence-corrected chi connectivity index (χ3v) is 8.40. The number of hydrogen-bond donors (Lipinski definition) is 0. The molecular weight excluding hydrogens is 386 g/mol. The first-order valence-electron chi connectivity index (χ1n) is 10.7. The minimum Gasteiger partial charge on any atom is -0.361 e. The molecule has 1 aromatic carbocycles. The fraction of sp³-hybridized carbons (Fsp3) is 0.591. The molecule has 7 heteroatoms. The van der Waals surface area contributed by atoms with Crippen LogP contribution in [-0.2, 0) is 16.6 Å². The van der Waals surface area contributed by atoms with E-state index in [-0.39, 0.29) is 0 Å². The molecule has 2 aliphatic rings. The average molecular weight is 418 g/mol. The Morgan fingerprint density at radius 2 is 1.66 bits per heavy atom. The van der Waals surface area contributed by atoms with Gasteiger partial charge in [0.1, 0.15) is 5.76 Å². The van der Waals surface area contributed by atoms with Gasteiger partial charge in [-0.3, -0.25) is 4.90 Å². The molecule has 29 heavy (non-hydrogen) atoms. The molecule has 0 radical (unpaired) electrons. The van der Waals surface area contributed by atoms with Crippen molar-refractivity contribution < 1.29 is 12.9 Å². The van der Waals surface area contributed by atoms with Crippen LogP contribution in [0.3, 0.4) is 0 Å². The molecule has 2 heterocycles. The normalized spacial score (nSPS) is 20.2. The van der Waals surface area contributed by atoms with Crippen LogP contribution in [0.25, 0.3) is 0 Å². The monoisotopic (exact) mass is 417 g/mol. The van der Waals surface area contributed by atoms with E-state index in [1.807, 2.05) is 26.0 Å². The number of sulfonamides is 1. The van der Waals surface area contributed by atoms with Gasteiger partial charge in [0.05, 0.1) is 10.6 Å². The molecule has 2 aromatic rings. The Kier molecular flexibility index (Phi) is 6.08. The van der Waals surface area contributed by atoms with E-state index in [4.69, 9.17) is 4.52 Å². The third-order valence-electron chi connectivity index (χ3n) is 6.49. The largest absolute Gasteiger partial charge is 0.361 e. The predicted molar refractivity (Wildman–Crippen MR) is 112 cm³/mol. The van der Waals surface area contributed by atoms with Crippen molar-refractivity contribution in [3.05, 3.63) is 46.8 Å². The summed E-state index contributed by atoms with van der Waals surface area (Å²) in [5.41, 5.74) is 3.31. The maximum absolute atomic E-state index is 13.1. The summed E-state index contributed by atoms with van der Waals surface area (Å²) in [6.07, 6.45) is 6.33. The van der Waals surface area contributed by atoms with E-state index in [9.17, 15) is 8.42 Å². The number of nitrogens with zero attached hydrogens (tertiary/aromatic N) is 3. The molecule has 1 saturated heterocycles. The molecule has 158 valence electrons. The van der Waals surface area contributed by atoms with Crippen molar-refractivity contribution >= 4 is 10.0 Å². The zero-order valence-corrected chi connectivity index (χ0v) is 18.2. The molecule has 1 aromatic heterocycles. The van der Waals surface area contributed by atoms with Crippen molar-refractivity contribution in [3.8, 4) is 0 Å². The van der Waals surface area contributed by atoms with Gasteiger partial charge in [-0.15, -0.1) is 0 Å². The zero-order chi connectivity index (χ0) is 20.4. The number of rotatable bonds is 5. The average Bonchev–Trinajstić information content (AvgIpc) is 3.07. The SMILES string of the molecule is Cc1noc(C)c1CN1CCN(S(=O)(=O)c2ccc(C3CCCCC3)cc2)CC1. The van der Waals surface area contributed by atoms with Gasteiger partial charge in [-0.25, -0.2) is 8.42 Å². The van der Waals surface area contributed by atoms with Gasteiger partial charge in [0.25, 0.3) is 0 Å². The molecule has 1 aliphatic heterocycles. The molecule has 0 N–H and O–H groups in total. The summed E-state index contributed by atoms with van der Waals surface area (Å²) in [5, 5.41) is 4.01. The number of piperazine rings is 1. The van der Waals surface area contributed by atoms with Crippen molar-refractivity contribution in [1.29, 1.82) is 0 Å². The highest BCUT2D eigenvalue weighted by atomic mass is 32.2. The van der Waals surface area contributed by atoms with Crippen LogP contribution in [0, 0.1) is 13.8 Å². The predicted octanol–water partition coefficient (Wildman–Crippen LogP) is 3.85. The van der Waals surface area contributed by atoms with Crippen LogP contribution in [0.5, 0.6) is 0 Å². The molecule has 2 fully saturated rings. The molecule has 0 bridgehead atoms. The molecule has 1 aliphatic carbocycles. The summed E-state index contributed by atoms with van der Waals surface area (Å²) in [6, 6.07) is 7.65. The Morgan fingerprint density at radius 1 is 1.00 bits per heavy atom. The number of hydrogen-bond acceptors (Lipinski definition) is 5. The zero-order valence-electron chi connectivity index (χ0n) is 17.4. The summed E-state index contributed by atoms with van der Waals surface area (Å²) >= 11 is 0. The van der Waals surface area contributed by atoms with Gasteiger partial charge < -0.3 is 4.52 Å². The lowest BCUT2D eigenvalue weighted by Gasteiger charge is -2.34. The van der Waals surface area contributed by atoms with Crippen LogP contribution >= 0.6 is 0 Å². The second-order valence-electron chi connectivity index (χ2n) is 8.39. The molecule has 0 atom stereocenters. The van der Waals surface area contributed by atoms with E-state index < -0.39 is 10.0 Å². The maximum Gasteiger partial charge on any atom is 0.243 e. The van der Waals surface area contributed by atoms with Crippen molar-refractivity contribution in [3.63, 3.8) is 0 Å². The number of benzene rings is 1. The number of aryl methyl sites for hydroxylation is 2. The Bertz CT molecular complexity index is 903. The second-order valence-corrected chi connectivity index (χ2v) is 10.3. The summed E-state index contributed by atoms with van der Waals surface area (Å²) in [5.74, 6) is 1.43. The Labute approximate surface area is 173 Å². The second kappa shape index (κ2) is 8.58. The topological polar surface area (TPSA) is 66.7 Å². The van der Waals surface area contributed by atoms with Crippen LogP contribution in [0.2, 0.25) is 0 Å². The van der Waals surface area contributed by atoms with Crippen molar-refractivity contribution in [1.82, 2.24) is 14.4 Å². The van der Waals surface area contributed by atoms with Gasteiger partial charge >= 0.3 is 0 Å². The van der Waals surface area contributed by atoms with Crippen LogP contribution in [0.4, 0.5) is 0 Å². The van der Waals surface area contributed by atoms with Crippen LogP contribution in [0.1, 0.15) is 60.6 Å². The Balaban J connectivity index is 1.38. The lowest BCUT2D eigenvalue weighted by molar-refractivity contribution is 0.180. The van der Waals surface area contributed by atoms with Crippen molar-refractivity contribution in [2.45, 2.75) is 63.3 Å². The van der Waals surface area contributed by atoms with Gasteiger partial charge in [-0.05, 0) is 50.3 Å². The quantitative estimate of drug-likeness (QED) is 0.739. The fourth-order valence-corrected chi connectivity index (χ4v) is 6.00. The van der Waals surface area contributed by atoms with Crippen molar-refractivity contribution in [2.75, 3.05) is 26.2 Å². The number of aromatic nitrogens is 1. The highest BCUT2D eigenvalue weighted by molar-refractivity contribution is 7.89. The van der Waals surface area contributed by atoms with Gasteiger partial charge in [-0.2, -0.15) is 4.31 Å². The summed E-state index contributed by atoms with van der Waals surface area (Å²) in [4.78, 5) is 2.68. The Hall–Kier alpha value is -1.70. The first-order valence-corrected chi connectivity index (χ1v) is 12.1. The molecule has 0 unspecified atom stereocenters. The molecule has 0 amide bonds. The smallest absolute Gasteiger partial charge is 0.243 e. The van der Waals surface area contributed by atoms with Gasteiger partial charge in [0.2, 0.25) is 10.0 Å². The van der Waals surface area contributed by atoms with E-state index in [1.54, 1.807) is 16.4 Å². The lowest BCUT2D eigenvalue weighted by Crippen LogP contribution is -2.48. The minimum atomic E-state index is -3.44. The summed E-state index contributed by atoms with van der Waals surface area (Å²) in [7, 11) is -3.44. The van der Waals surface area contributed by atoms with E-state index in [1.165, 1.54) is 37.7 Å². The minimum absolute atomic E-state index is 0.413. The molecule has 1 saturated carbocycles.